The van der Waals surface area contributed by atoms with Crippen LogP contribution in [0, 0.1) is 0 Å². The highest BCUT2D eigenvalue weighted by molar-refractivity contribution is 5.40. The van der Waals surface area contributed by atoms with Gasteiger partial charge in [0.05, 0.1) is 11.8 Å². The Morgan fingerprint density at radius 3 is 1.92 bits per heavy atom. The third-order valence-corrected chi connectivity index (χ3v) is 4.80. The minimum absolute atomic E-state index is 0.501. The van der Waals surface area contributed by atoms with E-state index < -0.39 is 6.10 Å². The van der Waals surface area contributed by atoms with E-state index in [4.69, 9.17) is 0 Å². The molecule has 2 N–H and O–H groups in total. The number of unbranched alkanes of at least 4 members (excludes halogenated alkanes) is 13. The summed E-state index contributed by atoms with van der Waals surface area (Å²) in [6.07, 6.45) is 24.8. The summed E-state index contributed by atoms with van der Waals surface area (Å²) in [4.78, 5) is 7.40. The molecule has 0 saturated carbocycles. The van der Waals surface area contributed by atoms with Gasteiger partial charge in [-0.3, -0.25) is 0 Å². The lowest BCUT2D eigenvalue weighted by atomic mass is 10.0. The average molecular weight is 349 g/mol. The van der Waals surface area contributed by atoms with Crippen molar-refractivity contribution in [2.45, 2.75) is 110 Å². The zero-order valence-corrected chi connectivity index (χ0v) is 16.6. The molecule has 0 amide bonds. The molecule has 1 unspecified atom stereocenters. The van der Waals surface area contributed by atoms with Crippen molar-refractivity contribution in [2.24, 2.45) is 0 Å². The van der Waals surface area contributed by atoms with Crippen molar-refractivity contribution in [2.75, 3.05) is 0 Å². The van der Waals surface area contributed by atoms with Crippen LogP contribution in [-0.2, 0) is 0 Å². The zero-order chi connectivity index (χ0) is 18.2. The molecule has 1 aromatic heterocycles. The first-order valence-electron chi connectivity index (χ1n) is 10.6. The number of aliphatic hydroxyl groups excluding tert-OH is 1. The van der Waals surface area contributed by atoms with Gasteiger partial charge in [-0.15, -0.1) is 0 Å². The molecule has 0 bridgehead atoms. The predicted octanol–water partition coefficient (Wildman–Crippen LogP) is 6.96. The average Bonchev–Trinajstić information content (AvgIpc) is 3.07. The van der Waals surface area contributed by atoms with Crippen molar-refractivity contribution < 1.29 is 5.11 Å². The Morgan fingerprint density at radius 1 is 0.920 bits per heavy atom. The van der Waals surface area contributed by atoms with Gasteiger partial charge in [-0.2, -0.15) is 0 Å². The molecule has 25 heavy (non-hydrogen) atoms. The summed E-state index contributed by atoms with van der Waals surface area (Å²) in [6, 6.07) is 0. The van der Waals surface area contributed by atoms with Crippen molar-refractivity contribution in [1.29, 1.82) is 0 Å². The van der Waals surface area contributed by atoms with Crippen LogP contribution in [-0.4, -0.2) is 15.1 Å². The van der Waals surface area contributed by atoms with Gasteiger partial charge < -0.3 is 10.1 Å². The van der Waals surface area contributed by atoms with Crippen LogP contribution >= 0.6 is 0 Å². The smallest absolute Gasteiger partial charge is 0.130 e. The molecule has 1 heterocycles. The monoisotopic (exact) mass is 348 g/mol. The summed E-state index contributed by atoms with van der Waals surface area (Å²) in [5, 5.41) is 9.43. The molecule has 0 aliphatic rings. The van der Waals surface area contributed by atoms with Crippen molar-refractivity contribution in [3.05, 3.63) is 23.8 Å². The molecule has 3 nitrogen and oxygen atoms in total. The van der Waals surface area contributed by atoms with E-state index in [1.165, 1.54) is 83.5 Å². The van der Waals surface area contributed by atoms with Crippen molar-refractivity contribution in [3.63, 3.8) is 0 Å². The summed E-state index contributed by atoms with van der Waals surface area (Å²) in [6.45, 7) is 4.01. The van der Waals surface area contributed by atoms with Gasteiger partial charge in [-0.25, -0.2) is 4.98 Å². The van der Waals surface area contributed by atoms with Crippen LogP contribution in [0.1, 0.15) is 121 Å². The maximum Gasteiger partial charge on any atom is 0.130 e. The predicted molar refractivity (Wildman–Crippen MR) is 109 cm³/mol. The van der Waals surface area contributed by atoms with Crippen LogP contribution in [0.5, 0.6) is 0 Å². The summed E-state index contributed by atoms with van der Waals surface area (Å²) in [7, 11) is 0. The van der Waals surface area contributed by atoms with E-state index in [2.05, 4.69) is 23.0 Å². The highest BCUT2D eigenvalue weighted by atomic mass is 16.3. The third kappa shape index (κ3) is 12.0. The number of hydrogen-bond acceptors (Lipinski definition) is 2. The van der Waals surface area contributed by atoms with Crippen LogP contribution in [0.15, 0.2) is 12.3 Å². The number of nitrogens with zero attached hydrogens (tertiary/aromatic N) is 1. The zero-order valence-electron chi connectivity index (χ0n) is 16.6. The minimum atomic E-state index is -0.501. The Labute approximate surface area is 155 Å². The second-order valence-electron chi connectivity index (χ2n) is 7.32. The van der Waals surface area contributed by atoms with Gasteiger partial charge in [-0.05, 0) is 25.8 Å². The summed E-state index contributed by atoms with van der Waals surface area (Å²) in [5.41, 5.74) is 0.709. The highest BCUT2D eigenvalue weighted by Gasteiger charge is 2.03. The first-order valence-corrected chi connectivity index (χ1v) is 10.6. The minimum Gasteiger partial charge on any atom is -0.387 e. The number of imidazole rings is 1. The number of aromatic nitrogens is 2. The normalized spacial score (nSPS) is 12.9. The van der Waals surface area contributed by atoms with Crippen LogP contribution < -0.4 is 0 Å². The number of hydrogen-bond donors (Lipinski definition) is 2. The number of nitrogens with one attached hydrogen (secondary N) is 1. The van der Waals surface area contributed by atoms with Crippen molar-refractivity contribution >= 4 is 6.08 Å². The van der Waals surface area contributed by atoms with Gasteiger partial charge in [0, 0.05) is 6.20 Å². The SMILES string of the molecule is CCCCCCCCCCCCCCCC=Cc1nc(C(C)O)c[nH]1. The highest BCUT2D eigenvalue weighted by Crippen LogP contribution is 2.13. The van der Waals surface area contributed by atoms with Gasteiger partial charge in [0.1, 0.15) is 5.82 Å². The number of rotatable bonds is 16. The molecule has 1 aromatic rings. The van der Waals surface area contributed by atoms with Crippen LogP contribution in [0.25, 0.3) is 6.08 Å². The molecule has 0 spiro atoms. The molecule has 3 heteroatoms. The molecule has 0 saturated heterocycles. The maximum atomic E-state index is 9.43. The topological polar surface area (TPSA) is 48.9 Å². The lowest BCUT2D eigenvalue weighted by molar-refractivity contribution is 0.195. The Hall–Kier alpha value is -1.09. The molecule has 144 valence electrons. The largest absolute Gasteiger partial charge is 0.387 e. The van der Waals surface area contributed by atoms with Crippen molar-refractivity contribution in [1.82, 2.24) is 9.97 Å². The maximum absolute atomic E-state index is 9.43. The number of aromatic amines is 1. The van der Waals surface area contributed by atoms with E-state index in [9.17, 15) is 5.11 Å². The number of aliphatic hydroxyl groups is 1. The molecule has 1 atom stereocenters. The van der Waals surface area contributed by atoms with Crippen molar-refractivity contribution in [3.8, 4) is 0 Å². The Morgan fingerprint density at radius 2 is 1.44 bits per heavy atom. The standard InChI is InChI=1S/C22H40N2O/c1-3-4-5-6-7-8-9-10-11-12-13-14-15-16-17-18-22-23-19-21(24-22)20(2)25/h17-20,25H,3-16H2,1-2H3,(H,23,24). The lowest BCUT2D eigenvalue weighted by Gasteiger charge is -2.02. The summed E-state index contributed by atoms with van der Waals surface area (Å²) < 4.78 is 0. The molecular formula is C22H40N2O. The van der Waals surface area contributed by atoms with Gasteiger partial charge in [0.2, 0.25) is 0 Å². The van der Waals surface area contributed by atoms with E-state index in [0.29, 0.717) is 5.69 Å². The quantitative estimate of drug-likeness (QED) is 0.317. The number of H-pyrrole nitrogens is 1. The van der Waals surface area contributed by atoms with E-state index in [0.717, 1.165) is 12.2 Å². The van der Waals surface area contributed by atoms with Gasteiger partial charge in [0.25, 0.3) is 0 Å². The molecule has 0 aliphatic carbocycles. The fourth-order valence-electron chi connectivity index (χ4n) is 3.13. The van der Waals surface area contributed by atoms with E-state index in [1.807, 2.05) is 6.08 Å². The third-order valence-electron chi connectivity index (χ3n) is 4.80. The van der Waals surface area contributed by atoms with E-state index >= 15 is 0 Å². The molecule has 0 aliphatic heterocycles. The Kier molecular flexibility index (Phi) is 13.3. The molecule has 0 radical (unpaired) electrons. The van der Waals surface area contributed by atoms with Gasteiger partial charge in [-0.1, -0.05) is 90.0 Å². The van der Waals surface area contributed by atoms with E-state index in [-0.39, 0.29) is 0 Å². The lowest BCUT2D eigenvalue weighted by Crippen LogP contribution is -1.89. The summed E-state index contributed by atoms with van der Waals surface area (Å²) >= 11 is 0. The fraction of sp³-hybridized carbons (Fsp3) is 0.773. The number of allylic oxidation sites excluding steroid dienone is 1. The Balaban J connectivity index is 1.85. The van der Waals surface area contributed by atoms with Gasteiger partial charge in [0.15, 0.2) is 0 Å². The van der Waals surface area contributed by atoms with Crippen LogP contribution in [0.4, 0.5) is 0 Å². The molecule has 0 fully saturated rings. The molecule has 0 aromatic carbocycles. The fourth-order valence-corrected chi connectivity index (χ4v) is 3.13. The Bertz CT molecular complexity index is 437. The molecular weight excluding hydrogens is 308 g/mol. The summed E-state index contributed by atoms with van der Waals surface area (Å²) in [5.74, 6) is 0.839. The first kappa shape index (κ1) is 22.0. The van der Waals surface area contributed by atoms with E-state index in [1.54, 1.807) is 13.1 Å². The second kappa shape index (κ2) is 15.2. The second-order valence-corrected chi connectivity index (χ2v) is 7.32. The van der Waals surface area contributed by atoms with Crippen LogP contribution in [0.3, 0.4) is 0 Å². The van der Waals surface area contributed by atoms with Gasteiger partial charge >= 0.3 is 0 Å². The van der Waals surface area contributed by atoms with Crippen LogP contribution in [0.2, 0.25) is 0 Å². The molecule has 1 rings (SSSR count). The first-order chi connectivity index (χ1) is 12.2.